The van der Waals surface area contributed by atoms with Crippen LogP contribution in [0.25, 0.3) is 0 Å². The first-order valence-corrected chi connectivity index (χ1v) is 8.67. The zero-order chi connectivity index (χ0) is 18.7. The van der Waals surface area contributed by atoms with E-state index in [-0.39, 0.29) is 11.6 Å². The van der Waals surface area contributed by atoms with E-state index in [9.17, 15) is 14.9 Å². The molecule has 3 rings (SSSR count). The summed E-state index contributed by atoms with van der Waals surface area (Å²) in [6, 6.07) is 12.2. The summed E-state index contributed by atoms with van der Waals surface area (Å²) in [6.45, 7) is 5.63. The summed E-state index contributed by atoms with van der Waals surface area (Å²) < 4.78 is 0. The fraction of sp³-hybridized carbons (Fsp3) is 0.316. The number of rotatable bonds is 4. The molecule has 2 aromatic carbocycles. The second-order valence-electron chi connectivity index (χ2n) is 6.67. The topological polar surface area (TPSA) is 79.9 Å². The Morgan fingerprint density at radius 2 is 1.88 bits per heavy atom. The number of nitro groups is 1. The Kier molecular flexibility index (Phi) is 5.18. The number of quaternary nitrogens is 1. The molecule has 0 saturated carbocycles. The minimum absolute atomic E-state index is 0.0156. The van der Waals surface area contributed by atoms with Crippen molar-refractivity contribution in [2.75, 3.05) is 43.4 Å². The average Bonchev–Trinajstić information content (AvgIpc) is 2.62. The van der Waals surface area contributed by atoms with Gasteiger partial charge in [0.25, 0.3) is 11.6 Å². The largest absolute Gasteiger partial charge is 0.359 e. The lowest BCUT2D eigenvalue weighted by Gasteiger charge is -2.33. The van der Waals surface area contributed by atoms with E-state index in [1.807, 2.05) is 24.3 Å². The van der Waals surface area contributed by atoms with Gasteiger partial charge in [-0.2, -0.15) is 0 Å². The monoisotopic (exact) mass is 355 g/mol. The first-order valence-electron chi connectivity index (χ1n) is 8.67. The van der Waals surface area contributed by atoms with Crippen molar-refractivity contribution in [2.45, 2.75) is 6.92 Å². The summed E-state index contributed by atoms with van der Waals surface area (Å²) in [7, 11) is 2.18. The first-order chi connectivity index (χ1) is 12.5. The van der Waals surface area contributed by atoms with Crippen LogP contribution in [-0.2, 0) is 0 Å². The molecule has 0 aromatic heterocycles. The summed E-state index contributed by atoms with van der Waals surface area (Å²) >= 11 is 0. The molecule has 7 heteroatoms. The summed E-state index contributed by atoms with van der Waals surface area (Å²) in [4.78, 5) is 26.9. The number of nitrogens with zero attached hydrogens (tertiary/aromatic N) is 2. The number of para-hydroxylation sites is 2. The molecule has 1 aliphatic rings. The summed E-state index contributed by atoms with van der Waals surface area (Å²) in [5, 5.41) is 13.9. The molecule has 0 radical (unpaired) electrons. The minimum atomic E-state index is -0.443. The van der Waals surface area contributed by atoms with Gasteiger partial charge < -0.3 is 15.1 Å². The second kappa shape index (κ2) is 7.53. The number of nitrogens with one attached hydrogen (secondary N) is 2. The van der Waals surface area contributed by atoms with Crippen LogP contribution in [0.4, 0.5) is 17.1 Å². The minimum Gasteiger partial charge on any atom is -0.359 e. The number of aryl methyl sites for hydroxylation is 1. The zero-order valence-corrected chi connectivity index (χ0v) is 15.0. The molecule has 26 heavy (non-hydrogen) atoms. The number of carbonyl (C=O) groups is 1. The van der Waals surface area contributed by atoms with Crippen molar-refractivity contribution >= 4 is 23.0 Å². The van der Waals surface area contributed by atoms with Gasteiger partial charge in [0.05, 0.1) is 49.5 Å². The molecular formula is C19H23N4O3+. The normalized spacial score (nSPS) is 14.9. The molecule has 2 aromatic rings. The van der Waals surface area contributed by atoms with Gasteiger partial charge in [0.1, 0.15) is 0 Å². The molecule has 0 unspecified atom stereocenters. The molecule has 1 fully saturated rings. The fourth-order valence-corrected chi connectivity index (χ4v) is 3.18. The van der Waals surface area contributed by atoms with Gasteiger partial charge in [-0.15, -0.1) is 0 Å². The molecule has 1 saturated heterocycles. The van der Waals surface area contributed by atoms with Gasteiger partial charge >= 0.3 is 0 Å². The lowest BCUT2D eigenvalue weighted by molar-refractivity contribution is -0.880. The third kappa shape index (κ3) is 3.83. The van der Waals surface area contributed by atoms with Crippen LogP contribution in [0.5, 0.6) is 0 Å². The van der Waals surface area contributed by atoms with E-state index < -0.39 is 4.92 Å². The Morgan fingerprint density at radius 3 is 2.54 bits per heavy atom. The van der Waals surface area contributed by atoms with E-state index >= 15 is 0 Å². The first kappa shape index (κ1) is 17.9. The highest BCUT2D eigenvalue weighted by Gasteiger charge is 2.20. The van der Waals surface area contributed by atoms with Crippen LogP contribution in [0.2, 0.25) is 0 Å². The van der Waals surface area contributed by atoms with Crippen LogP contribution in [0.1, 0.15) is 15.9 Å². The zero-order valence-electron chi connectivity index (χ0n) is 15.0. The van der Waals surface area contributed by atoms with Crippen molar-refractivity contribution in [1.29, 1.82) is 0 Å². The van der Waals surface area contributed by atoms with Gasteiger partial charge in [0.15, 0.2) is 0 Å². The molecule has 0 aliphatic carbocycles. The SMILES string of the molecule is Cc1cc(C(=O)Nc2ccccc2N2CC[NH+](C)CC2)ccc1[N+](=O)[O-]. The van der Waals surface area contributed by atoms with Gasteiger partial charge in [0, 0.05) is 17.2 Å². The van der Waals surface area contributed by atoms with Crippen LogP contribution < -0.4 is 15.1 Å². The lowest BCUT2D eigenvalue weighted by atomic mass is 10.1. The smallest absolute Gasteiger partial charge is 0.272 e. The Morgan fingerprint density at radius 1 is 1.19 bits per heavy atom. The molecule has 2 N–H and O–H groups in total. The number of hydrogen-bond donors (Lipinski definition) is 2. The Balaban J connectivity index is 1.80. The number of likely N-dealkylation sites (N-methyl/N-ethyl adjacent to an activating group) is 1. The standard InChI is InChI=1S/C19H22N4O3/c1-14-13-15(7-8-17(14)23(25)26)19(24)20-16-5-3-4-6-18(16)22-11-9-21(2)10-12-22/h3-8,13H,9-12H2,1-2H3,(H,20,24)/p+1. The third-order valence-corrected chi connectivity index (χ3v) is 4.77. The lowest BCUT2D eigenvalue weighted by Crippen LogP contribution is -3.12. The van der Waals surface area contributed by atoms with Crippen molar-refractivity contribution in [3.05, 3.63) is 63.7 Å². The van der Waals surface area contributed by atoms with Crippen molar-refractivity contribution in [2.24, 2.45) is 0 Å². The fourth-order valence-electron chi connectivity index (χ4n) is 3.18. The van der Waals surface area contributed by atoms with Crippen LogP contribution in [0.15, 0.2) is 42.5 Å². The molecule has 1 aliphatic heterocycles. The van der Waals surface area contributed by atoms with E-state index in [2.05, 4.69) is 17.3 Å². The Labute approximate surface area is 152 Å². The van der Waals surface area contributed by atoms with E-state index in [4.69, 9.17) is 0 Å². The maximum absolute atomic E-state index is 12.6. The molecule has 136 valence electrons. The number of anilines is 2. The van der Waals surface area contributed by atoms with Crippen molar-refractivity contribution in [1.82, 2.24) is 0 Å². The molecule has 0 spiro atoms. The Hall–Kier alpha value is -2.93. The third-order valence-electron chi connectivity index (χ3n) is 4.77. The number of carbonyl (C=O) groups excluding carboxylic acids is 1. The molecule has 0 atom stereocenters. The number of piperazine rings is 1. The highest BCUT2D eigenvalue weighted by atomic mass is 16.6. The van der Waals surface area contributed by atoms with E-state index in [0.29, 0.717) is 11.1 Å². The molecule has 1 amide bonds. The predicted octanol–water partition coefficient (Wildman–Crippen LogP) is 1.49. The van der Waals surface area contributed by atoms with Gasteiger partial charge in [-0.1, -0.05) is 12.1 Å². The van der Waals surface area contributed by atoms with Crippen LogP contribution >= 0.6 is 0 Å². The predicted molar refractivity (Wildman–Crippen MR) is 101 cm³/mol. The van der Waals surface area contributed by atoms with Crippen molar-refractivity contribution < 1.29 is 14.6 Å². The number of nitro benzene ring substituents is 1. The molecular weight excluding hydrogens is 332 g/mol. The summed E-state index contributed by atoms with van der Waals surface area (Å²) in [5.74, 6) is -0.268. The van der Waals surface area contributed by atoms with Crippen LogP contribution in [-0.4, -0.2) is 44.1 Å². The molecule has 1 heterocycles. The molecule has 7 nitrogen and oxygen atoms in total. The van der Waals surface area contributed by atoms with Gasteiger partial charge in [0.2, 0.25) is 0 Å². The number of benzene rings is 2. The summed E-state index contributed by atoms with van der Waals surface area (Å²) in [5.41, 5.74) is 2.66. The Bertz CT molecular complexity index is 829. The van der Waals surface area contributed by atoms with E-state index in [0.717, 1.165) is 37.6 Å². The van der Waals surface area contributed by atoms with Crippen molar-refractivity contribution in [3.63, 3.8) is 0 Å². The second-order valence-corrected chi connectivity index (χ2v) is 6.67. The highest BCUT2D eigenvalue weighted by Crippen LogP contribution is 2.27. The van der Waals surface area contributed by atoms with Crippen LogP contribution in [0, 0.1) is 17.0 Å². The van der Waals surface area contributed by atoms with Crippen LogP contribution in [0.3, 0.4) is 0 Å². The van der Waals surface area contributed by atoms with Gasteiger partial charge in [-0.3, -0.25) is 14.9 Å². The number of amides is 1. The maximum atomic E-state index is 12.6. The van der Waals surface area contributed by atoms with E-state index in [1.165, 1.54) is 17.0 Å². The quantitative estimate of drug-likeness (QED) is 0.643. The van der Waals surface area contributed by atoms with Gasteiger partial charge in [-0.25, -0.2) is 0 Å². The molecule has 0 bridgehead atoms. The number of hydrogen-bond acceptors (Lipinski definition) is 4. The van der Waals surface area contributed by atoms with Gasteiger partial charge in [-0.05, 0) is 31.2 Å². The van der Waals surface area contributed by atoms with Crippen molar-refractivity contribution in [3.8, 4) is 0 Å². The maximum Gasteiger partial charge on any atom is 0.272 e. The average molecular weight is 355 g/mol. The summed E-state index contributed by atoms with van der Waals surface area (Å²) in [6.07, 6.45) is 0. The van der Waals surface area contributed by atoms with E-state index in [1.54, 1.807) is 13.0 Å². The highest BCUT2D eigenvalue weighted by molar-refractivity contribution is 6.06.